The molecule has 0 unspecified atom stereocenters. The summed E-state index contributed by atoms with van der Waals surface area (Å²) in [5.41, 5.74) is 9.04. The van der Waals surface area contributed by atoms with E-state index in [4.69, 9.17) is 4.74 Å². The Kier molecular flexibility index (Phi) is 4.86. The van der Waals surface area contributed by atoms with E-state index in [2.05, 4.69) is 157 Å². The van der Waals surface area contributed by atoms with E-state index in [-0.39, 0.29) is 5.41 Å². The lowest BCUT2D eigenvalue weighted by Crippen LogP contribution is -2.34. The number of ether oxygens (including phenoxy) is 1. The molecular weight excluding hydrogens is 488 g/mol. The van der Waals surface area contributed by atoms with E-state index in [1.807, 2.05) is 0 Å². The van der Waals surface area contributed by atoms with Gasteiger partial charge in [0.1, 0.15) is 0 Å². The molecule has 0 saturated carbocycles. The monoisotopic (exact) mass is 516 g/mol. The largest absolute Gasteiger partial charge is 0.453 e. The summed E-state index contributed by atoms with van der Waals surface area (Å²) in [6, 6.07) is 47.3. The molecular formula is C37H28N2O. The summed E-state index contributed by atoms with van der Waals surface area (Å²) >= 11 is 0. The molecule has 0 amide bonds. The maximum absolute atomic E-state index is 6.73. The lowest BCUT2D eigenvalue weighted by atomic mass is 9.72. The first kappa shape index (κ1) is 22.9. The Morgan fingerprint density at radius 3 is 1.93 bits per heavy atom. The van der Waals surface area contributed by atoms with Crippen molar-refractivity contribution in [2.24, 2.45) is 0 Å². The van der Waals surface area contributed by atoms with Crippen LogP contribution in [0.4, 0.5) is 34.1 Å². The molecule has 0 fully saturated rings. The molecule has 6 aromatic rings. The quantitative estimate of drug-likeness (QED) is 0.232. The van der Waals surface area contributed by atoms with Gasteiger partial charge in [0.25, 0.3) is 0 Å². The lowest BCUT2D eigenvalue weighted by Gasteiger charge is -2.47. The van der Waals surface area contributed by atoms with Crippen molar-refractivity contribution >= 4 is 44.9 Å². The number of benzene rings is 6. The summed E-state index contributed by atoms with van der Waals surface area (Å²) in [6.45, 7) is 4.68. The zero-order valence-electron chi connectivity index (χ0n) is 22.5. The zero-order valence-corrected chi connectivity index (χ0v) is 22.5. The molecule has 40 heavy (non-hydrogen) atoms. The van der Waals surface area contributed by atoms with Crippen LogP contribution in [-0.4, -0.2) is 0 Å². The van der Waals surface area contributed by atoms with Gasteiger partial charge in [0.15, 0.2) is 11.5 Å². The third-order valence-corrected chi connectivity index (χ3v) is 8.36. The standard InChI is InChI=1S/C37H28N2O/c1-37(2)29-19-11-12-20-30(29)39-35-28-18-10-9-13-25(28)21-23-32(35)40-33-24-22-31(34(37)36(33)39)38(26-14-5-3-6-15-26)27-16-7-4-8-17-27/h3-24H,1-2H3. The van der Waals surface area contributed by atoms with E-state index in [1.54, 1.807) is 0 Å². The molecule has 0 bridgehead atoms. The van der Waals surface area contributed by atoms with Gasteiger partial charge in [-0.3, -0.25) is 0 Å². The average Bonchev–Trinajstić information content (AvgIpc) is 3.00. The number of para-hydroxylation sites is 3. The van der Waals surface area contributed by atoms with Crippen molar-refractivity contribution in [3.05, 3.63) is 145 Å². The minimum atomic E-state index is -0.291. The van der Waals surface area contributed by atoms with Crippen LogP contribution in [0.5, 0.6) is 11.5 Å². The summed E-state index contributed by atoms with van der Waals surface area (Å²) in [5, 5.41) is 2.38. The fraction of sp³-hybridized carbons (Fsp3) is 0.0811. The van der Waals surface area contributed by atoms with E-state index in [1.165, 1.54) is 27.6 Å². The first-order chi connectivity index (χ1) is 19.6. The van der Waals surface area contributed by atoms with Crippen LogP contribution in [0.3, 0.4) is 0 Å². The van der Waals surface area contributed by atoms with Gasteiger partial charge in [0, 0.05) is 27.7 Å². The predicted molar refractivity (Wildman–Crippen MR) is 166 cm³/mol. The van der Waals surface area contributed by atoms with Crippen LogP contribution >= 0.6 is 0 Å². The van der Waals surface area contributed by atoms with Crippen LogP contribution in [0.25, 0.3) is 10.8 Å². The van der Waals surface area contributed by atoms with Crippen LogP contribution in [0.15, 0.2) is 133 Å². The highest BCUT2D eigenvalue weighted by Gasteiger charge is 2.44. The SMILES string of the molecule is CC1(C)c2ccccc2N2c3c(ccc(N(c4ccccc4)c4ccccc4)c31)Oc1ccc3ccccc3c12. The van der Waals surface area contributed by atoms with Gasteiger partial charge in [-0.2, -0.15) is 0 Å². The number of fused-ring (bicyclic) bond motifs is 6. The number of anilines is 6. The molecule has 2 aliphatic rings. The smallest absolute Gasteiger partial charge is 0.152 e. The first-order valence-corrected chi connectivity index (χ1v) is 13.8. The minimum absolute atomic E-state index is 0.291. The van der Waals surface area contributed by atoms with Gasteiger partial charge in [-0.15, -0.1) is 0 Å². The molecule has 0 aliphatic carbocycles. The second-order valence-electron chi connectivity index (χ2n) is 11.0. The van der Waals surface area contributed by atoms with E-state index in [0.717, 1.165) is 39.9 Å². The summed E-state index contributed by atoms with van der Waals surface area (Å²) in [5.74, 6) is 1.76. The molecule has 3 heteroatoms. The Labute approximate surface area is 234 Å². The number of nitrogens with zero attached hydrogens (tertiary/aromatic N) is 2. The first-order valence-electron chi connectivity index (χ1n) is 13.8. The van der Waals surface area contributed by atoms with E-state index in [9.17, 15) is 0 Å². The normalized spacial score (nSPS) is 14.1. The molecule has 192 valence electrons. The fourth-order valence-corrected chi connectivity index (χ4v) is 6.60. The highest BCUT2D eigenvalue weighted by Crippen LogP contribution is 2.63. The van der Waals surface area contributed by atoms with E-state index in [0.29, 0.717) is 0 Å². The van der Waals surface area contributed by atoms with Gasteiger partial charge in [-0.1, -0.05) is 98.8 Å². The minimum Gasteiger partial charge on any atom is -0.453 e. The Hall–Kier alpha value is -5.02. The second-order valence-corrected chi connectivity index (χ2v) is 11.0. The van der Waals surface area contributed by atoms with Gasteiger partial charge >= 0.3 is 0 Å². The third-order valence-electron chi connectivity index (χ3n) is 8.36. The van der Waals surface area contributed by atoms with Crippen LogP contribution in [0, 0.1) is 0 Å². The topological polar surface area (TPSA) is 15.7 Å². The highest BCUT2D eigenvalue weighted by atomic mass is 16.5. The molecule has 0 aromatic heterocycles. The van der Waals surface area contributed by atoms with Gasteiger partial charge < -0.3 is 14.5 Å². The Morgan fingerprint density at radius 1 is 0.575 bits per heavy atom. The maximum atomic E-state index is 6.73. The molecule has 2 aliphatic heterocycles. The van der Waals surface area contributed by atoms with Crippen molar-refractivity contribution in [3.8, 4) is 11.5 Å². The van der Waals surface area contributed by atoms with Crippen LogP contribution < -0.4 is 14.5 Å². The molecule has 0 atom stereocenters. The molecule has 2 heterocycles. The van der Waals surface area contributed by atoms with Gasteiger partial charge in [-0.25, -0.2) is 0 Å². The summed E-state index contributed by atoms with van der Waals surface area (Å²) in [7, 11) is 0. The molecule has 0 radical (unpaired) electrons. The Morgan fingerprint density at radius 2 is 1.18 bits per heavy atom. The van der Waals surface area contributed by atoms with Crippen LogP contribution in [-0.2, 0) is 5.41 Å². The predicted octanol–water partition coefficient (Wildman–Crippen LogP) is 10.5. The molecule has 0 saturated heterocycles. The number of rotatable bonds is 3. The highest BCUT2D eigenvalue weighted by molar-refractivity contribution is 6.07. The molecule has 3 nitrogen and oxygen atoms in total. The summed E-state index contributed by atoms with van der Waals surface area (Å²) in [4.78, 5) is 4.83. The van der Waals surface area contributed by atoms with Crippen molar-refractivity contribution in [2.45, 2.75) is 19.3 Å². The summed E-state index contributed by atoms with van der Waals surface area (Å²) < 4.78 is 6.73. The van der Waals surface area contributed by atoms with Gasteiger partial charge in [0.2, 0.25) is 0 Å². The lowest BCUT2D eigenvalue weighted by molar-refractivity contribution is 0.472. The van der Waals surface area contributed by atoms with Gasteiger partial charge in [-0.05, 0) is 59.5 Å². The molecule has 8 rings (SSSR count). The Bertz CT molecular complexity index is 1870. The average molecular weight is 517 g/mol. The maximum Gasteiger partial charge on any atom is 0.152 e. The third kappa shape index (κ3) is 3.18. The van der Waals surface area contributed by atoms with Crippen LogP contribution in [0.2, 0.25) is 0 Å². The fourth-order valence-electron chi connectivity index (χ4n) is 6.60. The van der Waals surface area contributed by atoms with Gasteiger partial charge in [0.05, 0.1) is 22.7 Å². The number of hydrogen-bond donors (Lipinski definition) is 0. The Balaban J connectivity index is 1.49. The van der Waals surface area contributed by atoms with Crippen molar-refractivity contribution < 1.29 is 4.74 Å². The van der Waals surface area contributed by atoms with Crippen molar-refractivity contribution in [3.63, 3.8) is 0 Å². The van der Waals surface area contributed by atoms with E-state index >= 15 is 0 Å². The second kappa shape index (κ2) is 8.49. The molecule has 0 spiro atoms. The number of hydrogen-bond acceptors (Lipinski definition) is 3. The van der Waals surface area contributed by atoms with E-state index < -0.39 is 0 Å². The van der Waals surface area contributed by atoms with Crippen LogP contribution in [0.1, 0.15) is 25.0 Å². The zero-order chi connectivity index (χ0) is 26.8. The summed E-state index contributed by atoms with van der Waals surface area (Å²) in [6.07, 6.45) is 0. The van der Waals surface area contributed by atoms with Crippen molar-refractivity contribution in [2.75, 3.05) is 9.80 Å². The van der Waals surface area contributed by atoms with Crippen molar-refractivity contribution in [1.29, 1.82) is 0 Å². The van der Waals surface area contributed by atoms with Crippen molar-refractivity contribution in [1.82, 2.24) is 0 Å². The molecule has 6 aromatic carbocycles. The molecule has 0 N–H and O–H groups in total.